The summed E-state index contributed by atoms with van der Waals surface area (Å²) in [6, 6.07) is 6.16. The number of hydrogen-bond donors (Lipinski definition) is 0. The second kappa shape index (κ2) is 3.18. The van der Waals surface area contributed by atoms with Crippen molar-refractivity contribution in [2.45, 2.75) is 18.4 Å². The van der Waals surface area contributed by atoms with Crippen LogP contribution in [0.3, 0.4) is 0 Å². The van der Waals surface area contributed by atoms with Crippen molar-refractivity contribution in [3.05, 3.63) is 30.1 Å². The summed E-state index contributed by atoms with van der Waals surface area (Å²) < 4.78 is 18.3. The van der Waals surface area contributed by atoms with Gasteiger partial charge in [0.1, 0.15) is 17.2 Å². The fraction of sp³-hybridized carbons (Fsp3) is 0.400. The van der Waals surface area contributed by atoms with Crippen LogP contribution < -0.4 is 4.74 Å². The van der Waals surface area contributed by atoms with Crippen LogP contribution in [0.2, 0.25) is 0 Å². The van der Waals surface area contributed by atoms with Crippen LogP contribution in [0, 0.1) is 5.82 Å². The maximum Gasteiger partial charge on any atom is 0.126 e. The zero-order chi connectivity index (χ0) is 9.31. The largest absolute Gasteiger partial charge is 0.486 e. The van der Waals surface area contributed by atoms with E-state index in [9.17, 15) is 4.39 Å². The Kier molecular flexibility index (Phi) is 2.16. The van der Waals surface area contributed by atoms with E-state index in [1.54, 1.807) is 12.1 Å². The van der Waals surface area contributed by atoms with Gasteiger partial charge in [-0.3, -0.25) is 0 Å². The normalized spacial score (nSPS) is 18.3. The molecular weight excluding hydrogens is 191 g/mol. The predicted octanol–water partition coefficient (Wildman–Crippen LogP) is 2.98. The number of halogens is 2. The van der Waals surface area contributed by atoms with Gasteiger partial charge >= 0.3 is 0 Å². The van der Waals surface area contributed by atoms with Crippen molar-refractivity contribution >= 4 is 11.6 Å². The third-order valence-electron chi connectivity index (χ3n) is 2.18. The first-order chi connectivity index (χ1) is 6.24. The van der Waals surface area contributed by atoms with Crippen LogP contribution in [-0.4, -0.2) is 11.5 Å². The van der Waals surface area contributed by atoms with E-state index in [2.05, 4.69) is 0 Å². The minimum atomic E-state index is -0.275. The minimum absolute atomic E-state index is 0.213. The highest BCUT2D eigenvalue weighted by Gasteiger charge is 2.44. The SMILES string of the molecule is Fc1cccc(OC2(CCl)CC2)c1. The summed E-state index contributed by atoms with van der Waals surface area (Å²) in [5.41, 5.74) is -0.213. The van der Waals surface area contributed by atoms with Gasteiger partial charge in [-0.1, -0.05) is 6.07 Å². The topological polar surface area (TPSA) is 9.23 Å². The molecule has 0 unspecified atom stereocenters. The third kappa shape index (κ3) is 1.94. The van der Waals surface area contributed by atoms with E-state index in [-0.39, 0.29) is 11.4 Å². The Labute approximate surface area is 81.5 Å². The highest BCUT2D eigenvalue weighted by molar-refractivity contribution is 6.18. The Bertz CT molecular complexity index is 310. The first-order valence-corrected chi connectivity index (χ1v) is 4.78. The van der Waals surface area contributed by atoms with Gasteiger partial charge in [-0.05, 0) is 25.0 Å². The van der Waals surface area contributed by atoms with Gasteiger partial charge in [-0.25, -0.2) is 4.39 Å². The summed E-state index contributed by atoms with van der Waals surface area (Å²) in [5, 5.41) is 0. The molecule has 1 aliphatic carbocycles. The van der Waals surface area contributed by atoms with E-state index in [4.69, 9.17) is 16.3 Å². The molecule has 0 N–H and O–H groups in total. The Morgan fingerprint density at radius 2 is 2.23 bits per heavy atom. The molecule has 1 aromatic carbocycles. The van der Waals surface area contributed by atoms with Gasteiger partial charge in [0.05, 0.1) is 5.88 Å². The summed E-state index contributed by atoms with van der Waals surface area (Å²) >= 11 is 5.73. The lowest BCUT2D eigenvalue weighted by atomic mass is 10.3. The standard InChI is InChI=1S/C10H10ClFO/c11-7-10(4-5-10)13-9-3-1-2-8(12)6-9/h1-3,6H,4-5,7H2. The van der Waals surface area contributed by atoms with Crippen LogP contribution in [0.5, 0.6) is 5.75 Å². The van der Waals surface area contributed by atoms with Crippen molar-refractivity contribution in [1.29, 1.82) is 0 Å². The predicted molar refractivity (Wildman–Crippen MR) is 49.7 cm³/mol. The molecule has 70 valence electrons. The van der Waals surface area contributed by atoms with Crippen LogP contribution in [0.4, 0.5) is 4.39 Å². The zero-order valence-electron chi connectivity index (χ0n) is 7.09. The first kappa shape index (κ1) is 8.82. The molecule has 1 aliphatic rings. The second-order valence-electron chi connectivity index (χ2n) is 3.38. The van der Waals surface area contributed by atoms with Gasteiger partial charge in [0.15, 0.2) is 0 Å². The van der Waals surface area contributed by atoms with E-state index in [0.717, 1.165) is 12.8 Å². The minimum Gasteiger partial charge on any atom is -0.486 e. The Balaban J connectivity index is 2.09. The van der Waals surface area contributed by atoms with Crippen molar-refractivity contribution in [2.24, 2.45) is 0 Å². The lowest BCUT2D eigenvalue weighted by Gasteiger charge is -2.14. The van der Waals surface area contributed by atoms with Crippen LogP contribution in [0.25, 0.3) is 0 Å². The lowest BCUT2D eigenvalue weighted by Crippen LogP contribution is -2.19. The van der Waals surface area contributed by atoms with Crippen molar-refractivity contribution in [2.75, 3.05) is 5.88 Å². The van der Waals surface area contributed by atoms with Crippen molar-refractivity contribution in [3.63, 3.8) is 0 Å². The highest BCUT2D eigenvalue weighted by atomic mass is 35.5. The smallest absolute Gasteiger partial charge is 0.126 e. The summed E-state index contributed by atoms with van der Waals surface area (Å²) in [6.07, 6.45) is 1.93. The Morgan fingerprint density at radius 3 is 2.77 bits per heavy atom. The second-order valence-corrected chi connectivity index (χ2v) is 3.64. The average molecular weight is 201 g/mol. The number of alkyl halides is 1. The summed E-state index contributed by atoms with van der Waals surface area (Å²) in [5.74, 6) is 0.768. The summed E-state index contributed by atoms with van der Waals surface area (Å²) in [6.45, 7) is 0. The zero-order valence-corrected chi connectivity index (χ0v) is 7.85. The molecule has 0 saturated heterocycles. The molecule has 0 radical (unpaired) electrons. The van der Waals surface area contributed by atoms with E-state index in [1.807, 2.05) is 0 Å². The highest BCUT2D eigenvalue weighted by Crippen LogP contribution is 2.41. The van der Waals surface area contributed by atoms with Gasteiger partial charge in [-0.15, -0.1) is 11.6 Å². The van der Waals surface area contributed by atoms with Gasteiger partial charge in [-0.2, -0.15) is 0 Å². The molecular formula is C10H10ClFO. The van der Waals surface area contributed by atoms with E-state index < -0.39 is 0 Å². The van der Waals surface area contributed by atoms with Gasteiger partial charge in [0.2, 0.25) is 0 Å². The molecule has 3 heteroatoms. The summed E-state index contributed by atoms with van der Waals surface area (Å²) in [4.78, 5) is 0. The maximum atomic E-state index is 12.8. The van der Waals surface area contributed by atoms with Crippen LogP contribution in [0.1, 0.15) is 12.8 Å². The number of benzene rings is 1. The molecule has 1 fully saturated rings. The van der Waals surface area contributed by atoms with Crippen LogP contribution >= 0.6 is 11.6 Å². The quantitative estimate of drug-likeness (QED) is 0.682. The molecule has 13 heavy (non-hydrogen) atoms. The van der Waals surface area contributed by atoms with Gasteiger partial charge < -0.3 is 4.74 Å². The maximum absolute atomic E-state index is 12.8. The van der Waals surface area contributed by atoms with Crippen LogP contribution in [0.15, 0.2) is 24.3 Å². The summed E-state index contributed by atoms with van der Waals surface area (Å²) in [7, 11) is 0. The molecule has 0 heterocycles. The van der Waals surface area contributed by atoms with E-state index >= 15 is 0 Å². The Hall–Kier alpha value is -0.760. The van der Waals surface area contributed by atoms with E-state index in [0.29, 0.717) is 11.6 Å². The molecule has 1 nitrogen and oxygen atoms in total. The molecule has 0 aromatic heterocycles. The molecule has 0 spiro atoms. The monoisotopic (exact) mass is 200 g/mol. The molecule has 1 saturated carbocycles. The van der Waals surface area contributed by atoms with Gasteiger partial charge in [0.25, 0.3) is 0 Å². The first-order valence-electron chi connectivity index (χ1n) is 4.25. The average Bonchev–Trinajstić information content (AvgIpc) is 2.86. The molecule has 0 amide bonds. The molecule has 0 bridgehead atoms. The molecule has 2 rings (SSSR count). The fourth-order valence-electron chi connectivity index (χ4n) is 1.18. The van der Waals surface area contributed by atoms with Crippen molar-refractivity contribution in [1.82, 2.24) is 0 Å². The number of ether oxygens (including phenoxy) is 1. The van der Waals surface area contributed by atoms with Gasteiger partial charge in [0, 0.05) is 6.07 Å². The van der Waals surface area contributed by atoms with Crippen molar-refractivity contribution < 1.29 is 9.13 Å². The molecule has 0 atom stereocenters. The molecule has 1 aromatic rings. The Morgan fingerprint density at radius 1 is 1.46 bits per heavy atom. The van der Waals surface area contributed by atoms with Crippen LogP contribution in [-0.2, 0) is 0 Å². The number of hydrogen-bond acceptors (Lipinski definition) is 1. The molecule has 0 aliphatic heterocycles. The van der Waals surface area contributed by atoms with E-state index in [1.165, 1.54) is 12.1 Å². The lowest BCUT2D eigenvalue weighted by molar-refractivity contribution is 0.203. The third-order valence-corrected chi connectivity index (χ3v) is 2.67. The fourth-order valence-corrected chi connectivity index (χ4v) is 1.50. The van der Waals surface area contributed by atoms with Crippen molar-refractivity contribution in [3.8, 4) is 5.75 Å². The number of rotatable bonds is 3.